The summed E-state index contributed by atoms with van der Waals surface area (Å²) in [6.45, 7) is 10.9. The number of nitrogens with one attached hydrogen (secondary N) is 2. The summed E-state index contributed by atoms with van der Waals surface area (Å²) in [5, 5.41) is 2.65. The van der Waals surface area contributed by atoms with Gasteiger partial charge in [0.1, 0.15) is 17.7 Å². The number of fused-ring (bicyclic) bond motifs is 1. The molecule has 1 amide bonds. The first-order valence-electron chi connectivity index (χ1n) is 8.18. The Labute approximate surface area is 147 Å². The topological polar surface area (TPSA) is 83.7 Å². The first-order chi connectivity index (χ1) is 11.5. The molecule has 1 aromatic carbocycles. The molecule has 0 aliphatic carbocycles. The van der Waals surface area contributed by atoms with E-state index < -0.39 is 23.4 Å². The van der Waals surface area contributed by atoms with Crippen LogP contribution in [0.5, 0.6) is 0 Å². The van der Waals surface area contributed by atoms with Crippen molar-refractivity contribution in [3.63, 3.8) is 0 Å². The molecule has 7 nitrogen and oxygen atoms in total. The fraction of sp³-hybridized carbons (Fsp3) is 0.500. The number of hydrogen-bond acceptors (Lipinski definition) is 4. The van der Waals surface area contributed by atoms with Gasteiger partial charge >= 0.3 is 12.2 Å². The Morgan fingerprint density at radius 2 is 1.64 bits per heavy atom. The molecule has 0 aliphatic rings. The number of alkyl carbamates (subject to hydrolysis) is 1. The van der Waals surface area contributed by atoms with Gasteiger partial charge in [-0.3, -0.25) is 0 Å². The van der Waals surface area contributed by atoms with E-state index in [1.807, 2.05) is 24.3 Å². The van der Waals surface area contributed by atoms with E-state index in [1.165, 1.54) is 4.57 Å². The molecule has 25 heavy (non-hydrogen) atoms. The van der Waals surface area contributed by atoms with E-state index in [1.54, 1.807) is 41.5 Å². The molecule has 0 fully saturated rings. The molecule has 7 heteroatoms. The maximum atomic E-state index is 12.6. The van der Waals surface area contributed by atoms with Gasteiger partial charge in [0.05, 0.1) is 0 Å². The molecule has 0 atom stereocenters. The number of benzene rings is 1. The monoisotopic (exact) mass is 348 g/mol. The number of aromatic nitrogens is 2. The van der Waals surface area contributed by atoms with Gasteiger partial charge in [0, 0.05) is 0 Å². The van der Waals surface area contributed by atoms with Crippen molar-refractivity contribution in [1.29, 1.82) is 0 Å². The molecule has 0 bridgehead atoms. The molecule has 2 rings (SSSR count). The molecular weight excluding hydrogens is 322 g/mol. The van der Waals surface area contributed by atoms with Crippen LogP contribution in [0.25, 0.3) is 11.0 Å². The third-order valence-corrected chi connectivity index (χ3v) is 3.07. The standard InChI is InChI=1S/C18H25N3O4/c1-17(2,3)24-15(22)19-11-14-20-12-9-7-8-10-13(12)21(14)16(23)25-18(4,5)6/h7-10H,11H2,1-6H3,(H,19,22)/p+1. The van der Waals surface area contributed by atoms with E-state index in [-0.39, 0.29) is 6.54 Å². The lowest BCUT2D eigenvalue weighted by Crippen LogP contribution is -2.35. The predicted molar refractivity (Wildman–Crippen MR) is 93.2 cm³/mol. The summed E-state index contributed by atoms with van der Waals surface area (Å²) in [4.78, 5) is 27.6. The Morgan fingerprint density at radius 3 is 2.24 bits per heavy atom. The van der Waals surface area contributed by atoms with Gasteiger partial charge in [-0.25, -0.2) is 9.78 Å². The number of ether oxygens (including phenoxy) is 2. The van der Waals surface area contributed by atoms with Crippen molar-refractivity contribution in [2.24, 2.45) is 0 Å². The summed E-state index contributed by atoms with van der Waals surface area (Å²) in [6.07, 6.45) is -1.06. The largest absolute Gasteiger partial charge is 0.512 e. The van der Waals surface area contributed by atoms with Crippen LogP contribution in [0.2, 0.25) is 0 Å². The lowest BCUT2D eigenvalue weighted by Gasteiger charge is -2.19. The number of para-hydroxylation sites is 2. The van der Waals surface area contributed by atoms with Crippen LogP contribution in [0.4, 0.5) is 9.59 Å². The summed E-state index contributed by atoms with van der Waals surface area (Å²) >= 11 is 0. The number of H-pyrrole nitrogens is 1. The second kappa shape index (κ2) is 6.74. The SMILES string of the molecule is CC(C)(C)OC(=O)NCc1[nH+]c2ccccc2n1C(=O)OC(C)(C)C. The maximum absolute atomic E-state index is 12.6. The van der Waals surface area contributed by atoms with Gasteiger partial charge in [-0.1, -0.05) is 12.1 Å². The van der Waals surface area contributed by atoms with Crippen LogP contribution >= 0.6 is 0 Å². The summed E-state index contributed by atoms with van der Waals surface area (Å²) in [7, 11) is 0. The van der Waals surface area contributed by atoms with Crippen molar-refractivity contribution < 1.29 is 24.0 Å². The Balaban J connectivity index is 2.28. The van der Waals surface area contributed by atoms with E-state index in [0.29, 0.717) is 11.3 Å². The van der Waals surface area contributed by atoms with E-state index in [2.05, 4.69) is 10.3 Å². The van der Waals surface area contributed by atoms with Gasteiger partial charge in [-0.2, -0.15) is 4.79 Å². The number of carbonyl (C=O) groups excluding carboxylic acids is 2. The molecule has 136 valence electrons. The fourth-order valence-electron chi connectivity index (χ4n) is 2.24. The molecule has 1 aromatic heterocycles. The Hall–Kier alpha value is -2.57. The van der Waals surface area contributed by atoms with E-state index in [4.69, 9.17) is 9.47 Å². The molecule has 2 aromatic rings. The zero-order chi connectivity index (χ0) is 18.8. The highest BCUT2D eigenvalue weighted by Gasteiger charge is 2.30. The van der Waals surface area contributed by atoms with Crippen molar-refractivity contribution in [3.05, 3.63) is 30.1 Å². The number of amides is 1. The van der Waals surface area contributed by atoms with Gasteiger partial charge in [0.2, 0.25) is 0 Å². The molecular formula is C18H26N3O4+. The fourth-order valence-corrected chi connectivity index (χ4v) is 2.24. The normalized spacial score (nSPS) is 12.1. The highest BCUT2D eigenvalue weighted by atomic mass is 16.6. The van der Waals surface area contributed by atoms with Crippen molar-refractivity contribution in [2.45, 2.75) is 59.3 Å². The van der Waals surface area contributed by atoms with E-state index >= 15 is 0 Å². The third kappa shape index (κ3) is 5.20. The van der Waals surface area contributed by atoms with E-state index in [9.17, 15) is 9.59 Å². The predicted octanol–water partition coefficient (Wildman–Crippen LogP) is 3.26. The van der Waals surface area contributed by atoms with Gasteiger partial charge < -0.3 is 14.8 Å². The lowest BCUT2D eigenvalue weighted by atomic mass is 10.2. The maximum Gasteiger partial charge on any atom is 0.512 e. The first-order valence-corrected chi connectivity index (χ1v) is 8.18. The number of imidazole rings is 1. The van der Waals surface area contributed by atoms with Crippen LogP contribution in [-0.2, 0) is 16.0 Å². The van der Waals surface area contributed by atoms with Crippen LogP contribution in [0.1, 0.15) is 47.4 Å². The van der Waals surface area contributed by atoms with Gasteiger partial charge in [0.15, 0.2) is 11.0 Å². The zero-order valence-electron chi connectivity index (χ0n) is 15.6. The summed E-state index contributed by atoms with van der Waals surface area (Å²) in [6, 6.07) is 7.37. The molecule has 0 spiro atoms. The molecule has 0 saturated carbocycles. The zero-order valence-corrected chi connectivity index (χ0v) is 15.6. The van der Waals surface area contributed by atoms with Crippen LogP contribution in [0.15, 0.2) is 24.3 Å². The van der Waals surface area contributed by atoms with Crippen molar-refractivity contribution in [2.75, 3.05) is 0 Å². The number of carbonyl (C=O) groups is 2. The van der Waals surface area contributed by atoms with Crippen LogP contribution in [0, 0.1) is 0 Å². The van der Waals surface area contributed by atoms with Crippen molar-refractivity contribution in [3.8, 4) is 0 Å². The second-order valence-electron chi connectivity index (χ2n) is 7.76. The molecule has 1 heterocycles. The summed E-state index contributed by atoms with van der Waals surface area (Å²) in [5.41, 5.74) is 0.233. The molecule has 0 saturated heterocycles. The Bertz CT molecular complexity index is 782. The highest BCUT2D eigenvalue weighted by molar-refractivity contribution is 5.85. The smallest absolute Gasteiger partial charge is 0.444 e. The van der Waals surface area contributed by atoms with Crippen molar-refractivity contribution in [1.82, 2.24) is 9.88 Å². The molecule has 0 unspecified atom stereocenters. The molecule has 0 aliphatic heterocycles. The Morgan fingerprint density at radius 1 is 1.04 bits per heavy atom. The number of nitrogens with zero attached hydrogens (tertiary/aromatic N) is 1. The van der Waals surface area contributed by atoms with Crippen molar-refractivity contribution >= 4 is 23.2 Å². The average Bonchev–Trinajstić information content (AvgIpc) is 2.79. The minimum absolute atomic E-state index is 0.100. The second-order valence-corrected chi connectivity index (χ2v) is 7.76. The average molecular weight is 348 g/mol. The van der Waals surface area contributed by atoms with Crippen LogP contribution in [0.3, 0.4) is 0 Å². The number of rotatable bonds is 2. The van der Waals surface area contributed by atoms with E-state index in [0.717, 1.165) is 5.52 Å². The highest BCUT2D eigenvalue weighted by Crippen LogP contribution is 2.16. The minimum atomic E-state index is -0.627. The first kappa shape index (κ1) is 18.8. The van der Waals surface area contributed by atoms with Crippen LogP contribution < -0.4 is 10.3 Å². The number of hydrogen-bond donors (Lipinski definition) is 1. The lowest BCUT2D eigenvalue weighted by molar-refractivity contribution is -0.359. The molecule has 0 radical (unpaired) electrons. The third-order valence-electron chi connectivity index (χ3n) is 3.07. The quantitative estimate of drug-likeness (QED) is 0.903. The minimum Gasteiger partial charge on any atom is -0.444 e. The van der Waals surface area contributed by atoms with Crippen LogP contribution in [-0.4, -0.2) is 28.0 Å². The Kier molecular flexibility index (Phi) is 5.06. The van der Waals surface area contributed by atoms with Gasteiger partial charge in [-0.05, 0) is 53.7 Å². The van der Waals surface area contributed by atoms with Gasteiger partial charge in [0.25, 0.3) is 5.82 Å². The summed E-state index contributed by atoms with van der Waals surface area (Å²) < 4.78 is 12.1. The summed E-state index contributed by atoms with van der Waals surface area (Å²) in [5.74, 6) is 0.501. The van der Waals surface area contributed by atoms with Gasteiger partial charge in [-0.15, -0.1) is 4.57 Å². The molecule has 2 N–H and O–H groups in total. The number of aromatic amines is 1.